The molecule has 6 nitrogen and oxygen atoms in total. The molecule has 0 unspecified atom stereocenters. The van der Waals surface area contributed by atoms with Gasteiger partial charge in [-0.25, -0.2) is 8.78 Å². The average molecular weight is 510 g/mol. The fourth-order valence-electron chi connectivity index (χ4n) is 6.49. The smallest absolute Gasteiger partial charge is 0.251 e. The lowest BCUT2D eigenvalue weighted by molar-refractivity contribution is -0.186. The van der Waals surface area contributed by atoms with Crippen molar-refractivity contribution in [2.45, 2.75) is 57.2 Å². The summed E-state index contributed by atoms with van der Waals surface area (Å²) in [7, 11) is 1.69. The lowest BCUT2D eigenvalue weighted by atomic mass is 9.59. The van der Waals surface area contributed by atoms with Crippen LogP contribution in [0.25, 0.3) is 10.9 Å². The monoisotopic (exact) mass is 509 g/mol. The molecule has 1 spiro atoms. The first-order valence-corrected chi connectivity index (χ1v) is 13.0. The van der Waals surface area contributed by atoms with Gasteiger partial charge in [0.15, 0.2) is 0 Å². The fraction of sp³-hybridized carbons (Fsp3) is 0.483. The third-order valence-electron chi connectivity index (χ3n) is 8.49. The van der Waals surface area contributed by atoms with E-state index >= 15 is 0 Å². The van der Waals surface area contributed by atoms with Crippen LogP contribution in [-0.2, 0) is 11.3 Å². The Hall–Kier alpha value is -2.97. The van der Waals surface area contributed by atoms with Crippen LogP contribution < -0.4 is 10.1 Å². The molecule has 0 bridgehead atoms. The molecular formula is C29H33F2N3O3. The molecule has 8 heteroatoms. The van der Waals surface area contributed by atoms with E-state index in [9.17, 15) is 13.6 Å². The molecule has 37 heavy (non-hydrogen) atoms. The van der Waals surface area contributed by atoms with Crippen LogP contribution in [0.2, 0.25) is 0 Å². The molecule has 1 atom stereocenters. The number of hydrogen-bond donors (Lipinski definition) is 2. The minimum atomic E-state index is -2.56. The van der Waals surface area contributed by atoms with E-state index in [1.165, 1.54) is 0 Å². The summed E-state index contributed by atoms with van der Waals surface area (Å²) in [6, 6.07) is 11.8. The Balaban J connectivity index is 1.29. The molecule has 0 radical (unpaired) electrons. The van der Waals surface area contributed by atoms with Crippen molar-refractivity contribution in [2.24, 2.45) is 5.41 Å². The highest BCUT2D eigenvalue weighted by molar-refractivity contribution is 5.94. The second-order valence-corrected chi connectivity index (χ2v) is 11.1. The zero-order chi connectivity index (χ0) is 25.8. The number of likely N-dealkylation sites (tertiary alicyclic amines) is 1. The molecule has 3 aromatic rings. The van der Waals surface area contributed by atoms with E-state index in [0.717, 1.165) is 46.3 Å². The Kier molecular flexibility index (Phi) is 5.99. The zero-order valence-corrected chi connectivity index (χ0v) is 21.3. The molecule has 1 aromatic heterocycles. The summed E-state index contributed by atoms with van der Waals surface area (Å²) < 4.78 is 38.9. The van der Waals surface area contributed by atoms with E-state index < -0.39 is 5.92 Å². The van der Waals surface area contributed by atoms with Crippen LogP contribution in [0, 0.1) is 12.3 Å². The van der Waals surface area contributed by atoms with E-state index in [1.54, 1.807) is 7.11 Å². The first-order valence-electron chi connectivity index (χ1n) is 13.0. The number of benzene rings is 2. The van der Waals surface area contributed by atoms with Crippen LogP contribution in [0.15, 0.2) is 42.6 Å². The molecule has 1 amide bonds. The highest BCUT2D eigenvalue weighted by Crippen LogP contribution is 2.60. The number of alkyl halides is 2. The van der Waals surface area contributed by atoms with E-state index in [0.29, 0.717) is 31.7 Å². The number of carbonyl (C=O) groups is 1. The van der Waals surface area contributed by atoms with Gasteiger partial charge >= 0.3 is 0 Å². The summed E-state index contributed by atoms with van der Waals surface area (Å²) in [6.45, 7) is 4.53. The third-order valence-corrected chi connectivity index (χ3v) is 8.49. The molecule has 2 saturated heterocycles. The predicted molar refractivity (Wildman–Crippen MR) is 137 cm³/mol. The van der Waals surface area contributed by atoms with Crippen LogP contribution in [0.4, 0.5) is 8.78 Å². The van der Waals surface area contributed by atoms with Gasteiger partial charge < -0.3 is 19.8 Å². The maximum atomic E-state index is 14.0. The second kappa shape index (κ2) is 9.10. The lowest BCUT2D eigenvalue weighted by Gasteiger charge is -2.54. The van der Waals surface area contributed by atoms with E-state index in [-0.39, 0.29) is 36.2 Å². The van der Waals surface area contributed by atoms with Crippen LogP contribution in [0.1, 0.15) is 58.8 Å². The Bertz CT molecular complexity index is 1310. The maximum absolute atomic E-state index is 14.0. The van der Waals surface area contributed by atoms with Crippen molar-refractivity contribution in [3.05, 3.63) is 64.8 Å². The first kappa shape index (κ1) is 24.4. The Morgan fingerprint density at radius 3 is 2.62 bits per heavy atom. The Labute approximate surface area is 215 Å². The van der Waals surface area contributed by atoms with Crippen molar-refractivity contribution < 1.29 is 23.0 Å². The number of halogens is 2. The van der Waals surface area contributed by atoms with Crippen LogP contribution >= 0.6 is 0 Å². The zero-order valence-electron chi connectivity index (χ0n) is 21.3. The number of H-pyrrole nitrogens is 1. The summed E-state index contributed by atoms with van der Waals surface area (Å²) in [5.41, 5.74) is 4.63. The molecule has 3 heterocycles. The highest BCUT2D eigenvalue weighted by Gasteiger charge is 2.58. The van der Waals surface area contributed by atoms with Gasteiger partial charge in [0.1, 0.15) is 5.75 Å². The number of fused-ring (bicyclic) bond motifs is 1. The number of hydrogen-bond acceptors (Lipinski definition) is 4. The molecule has 2 aliphatic heterocycles. The minimum absolute atomic E-state index is 0.0259. The number of ether oxygens (including phenoxy) is 2. The molecule has 1 saturated carbocycles. The number of piperidine rings is 1. The SMILES string of the molecule is COc1cc(C)c2[nH]ccc2c1CN1CCC2(C[C@H]1c1ccc(C(=O)NC3COC3)cc1)CC(F)(F)C2. The van der Waals surface area contributed by atoms with Gasteiger partial charge in [-0.1, -0.05) is 12.1 Å². The minimum Gasteiger partial charge on any atom is -0.496 e. The fourth-order valence-corrected chi connectivity index (χ4v) is 6.49. The van der Waals surface area contributed by atoms with E-state index in [1.807, 2.05) is 30.5 Å². The van der Waals surface area contributed by atoms with Gasteiger partial charge in [-0.2, -0.15) is 0 Å². The molecular weight excluding hydrogens is 476 g/mol. The molecule has 196 valence electrons. The van der Waals surface area contributed by atoms with E-state index in [4.69, 9.17) is 9.47 Å². The predicted octanol–water partition coefficient (Wildman–Crippen LogP) is 5.37. The van der Waals surface area contributed by atoms with Crippen molar-refractivity contribution in [3.63, 3.8) is 0 Å². The molecule has 6 rings (SSSR count). The summed E-state index contributed by atoms with van der Waals surface area (Å²) in [5, 5.41) is 4.09. The number of rotatable bonds is 6. The largest absolute Gasteiger partial charge is 0.496 e. The second-order valence-electron chi connectivity index (χ2n) is 11.1. The van der Waals surface area contributed by atoms with Crippen molar-refractivity contribution in [1.29, 1.82) is 0 Å². The molecule has 2 aromatic carbocycles. The van der Waals surface area contributed by atoms with E-state index in [2.05, 4.69) is 34.3 Å². The first-order chi connectivity index (χ1) is 17.8. The summed E-state index contributed by atoms with van der Waals surface area (Å²) in [5.74, 6) is -1.84. The average Bonchev–Trinajstić information content (AvgIpc) is 3.33. The topological polar surface area (TPSA) is 66.6 Å². The Morgan fingerprint density at radius 2 is 1.97 bits per heavy atom. The number of aromatic nitrogens is 1. The molecule has 2 N–H and O–H groups in total. The van der Waals surface area contributed by atoms with Crippen molar-refractivity contribution in [2.75, 3.05) is 26.9 Å². The van der Waals surface area contributed by atoms with Crippen molar-refractivity contribution in [3.8, 4) is 5.75 Å². The number of amides is 1. The number of aromatic amines is 1. The van der Waals surface area contributed by atoms with Gasteiger partial charge in [-0.05, 0) is 67.1 Å². The molecule has 3 aliphatic rings. The number of methoxy groups -OCH3 is 1. The van der Waals surface area contributed by atoms with Crippen LogP contribution in [0.3, 0.4) is 0 Å². The number of aryl methyl sites for hydroxylation is 1. The van der Waals surface area contributed by atoms with Gasteiger partial charge in [-0.3, -0.25) is 9.69 Å². The summed E-state index contributed by atoms with van der Waals surface area (Å²) in [6.07, 6.45) is 3.30. The highest BCUT2D eigenvalue weighted by atomic mass is 19.3. The normalized spacial score (nSPS) is 23.0. The van der Waals surface area contributed by atoms with Gasteiger partial charge in [0, 0.05) is 53.7 Å². The summed E-state index contributed by atoms with van der Waals surface area (Å²) in [4.78, 5) is 18.3. The van der Waals surface area contributed by atoms with Gasteiger partial charge in [0.05, 0.1) is 26.4 Å². The third kappa shape index (κ3) is 4.50. The summed E-state index contributed by atoms with van der Waals surface area (Å²) >= 11 is 0. The number of carbonyl (C=O) groups excluding carboxylic acids is 1. The standard InChI is InChI=1S/C29H33F2N3O3/c1-18-11-25(36-2)23(22-7-9-32-26(18)22)13-34-10-8-28(16-29(30,31)17-28)12-24(34)19-3-5-20(6-4-19)27(35)33-21-14-37-15-21/h3-7,9,11,21,24,32H,8,10,12-17H2,1-2H3,(H,33,35)/t24-/m0/s1. The van der Waals surface area contributed by atoms with Gasteiger partial charge in [0.2, 0.25) is 5.92 Å². The van der Waals surface area contributed by atoms with Gasteiger partial charge in [0.25, 0.3) is 5.91 Å². The number of nitrogens with one attached hydrogen (secondary N) is 2. The Morgan fingerprint density at radius 1 is 1.22 bits per heavy atom. The van der Waals surface area contributed by atoms with Crippen LogP contribution in [-0.4, -0.2) is 54.6 Å². The molecule has 1 aliphatic carbocycles. The lowest BCUT2D eigenvalue weighted by Crippen LogP contribution is -2.53. The molecule has 3 fully saturated rings. The van der Waals surface area contributed by atoms with Crippen molar-refractivity contribution >= 4 is 16.8 Å². The van der Waals surface area contributed by atoms with Crippen LogP contribution in [0.5, 0.6) is 5.75 Å². The maximum Gasteiger partial charge on any atom is 0.251 e. The van der Waals surface area contributed by atoms with Crippen molar-refractivity contribution in [1.82, 2.24) is 15.2 Å². The quantitative estimate of drug-likeness (QED) is 0.469. The number of nitrogens with zero attached hydrogens (tertiary/aromatic N) is 1. The van der Waals surface area contributed by atoms with Gasteiger partial charge in [-0.15, -0.1) is 0 Å².